The van der Waals surface area contributed by atoms with Gasteiger partial charge < -0.3 is 19.7 Å². The molecule has 1 unspecified atom stereocenters. The number of benzene rings is 1. The largest absolute Gasteiger partial charge is 0.483 e. The van der Waals surface area contributed by atoms with Gasteiger partial charge in [-0.05, 0) is 12.1 Å². The molecule has 0 spiro atoms. The van der Waals surface area contributed by atoms with E-state index in [0.717, 1.165) is 5.69 Å². The summed E-state index contributed by atoms with van der Waals surface area (Å²) in [6, 6.07) is 5.32. The van der Waals surface area contributed by atoms with Crippen LogP contribution in [-0.4, -0.2) is 50.7 Å². The maximum absolute atomic E-state index is 12.1. The maximum Gasteiger partial charge on any atom is 0.414 e. The molecule has 1 saturated heterocycles. The Balaban J connectivity index is 1.77. The van der Waals surface area contributed by atoms with Crippen molar-refractivity contribution in [2.75, 3.05) is 36.5 Å². The van der Waals surface area contributed by atoms with Gasteiger partial charge in [-0.1, -0.05) is 0 Å². The van der Waals surface area contributed by atoms with E-state index in [1.807, 2.05) is 0 Å². The third kappa shape index (κ3) is 3.33. The van der Waals surface area contributed by atoms with Gasteiger partial charge >= 0.3 is 6.09 Å². The van der Waals surface area contributed by atoms with Crippen molar-refractivity contribution < 1.29 is 19.1 Å². The molecular weight excluding hydrogens is 326 g/mol. The number of carbonyl (C=O) groups is 2. The number of carbonyl (C=O) groups excluding carboxylic acids is 2. The molecule has 2 aliphatic heterocycles. The first-order valence-electron chi connectivity index (χ1n) is 7.68. The van der Waals surface area contributed by atoms with E-state index >= 15 is 0 Å². The average molecular weight is 343 g/mol. The van der Waals surface area contributed by atoms with Crippen LogP contribution in [0.1, 0.15) is 6.92 Å². The van der Waals surface area contributed by atoms with Crippen LogP contribution in [0.4, 0.5) is 16.2 Å². The third-order valence-electron chi connectivity index (χ3n) is 3.99. The molecule has 0 aliphatic carbocycles. The SMILES string of the molecule is CC(=O)NCC1CN(c2ccc3c(c2)OCC(=NC#N)N3C)C(=O)O1. The zero-order valence-electron chi connectivity index (χ0n) is 13.9. The quantitative estimate of drug-likeness (QED) is 0.816. The van der Waals surface area contributed by atoms with E-state index in [1.165, 1.54) is 11.8 Å². The Morgan fingerprint density at radius 1 is 1.52 bits per heavy atom. The predicted octanol–water partition coefficient (Wildman–Crippen LogP) is 0.856. The Morgan fingerprint density at radius 3 is 3.04 bits per heavy atom. The summed E-state index contributed by atoms with van der Waals surface area (Å²) in [5, 5.41) is 11.3. The number of nitrogens with one attached hydrogen (secondary N) is 1. The zero-order chi connectivity index (χ0) is 18.0. The number of rotatable bonds is 3. The molecule has 2 heterocycles. The van der Waals surface area contributed by atoms with Crippen LogP contribution in [0.15, 0.2) is 23.2 Å². The molecule has 1 aromatic rings. The molecular formula is C16H17N5O4. The zero-order valence-corrected chi connectivity index (χ0v) is 13.9. The van der Waals surface area contributed by atoms with Crippen LogP contribution in [0.5, 0.6) is 5.75 Å². The maximum atomic E-state index is 12.1. The summed E-state index contributed by atoms with van der Waals surface area (Å²) in [4.78, 5) is 30.1. The lowest BCUT2D eigenvalue weighted by Crippen LogP contribution is -2.36. The monoisotopic (exact) mass is 343 g/mol. The lowest BCUT2D eigenvalue weighted by atomic mass is 10.2. The molecule has 1 aromatic carbocycles. The Morgan fingerprint density at radius 2 is 2.32 bits per heavy atom. The molecule has 0 saturated carbocycles. The third-order valence-corrected chi connectivity index (χ3v) is 3.99. The van der Waals surface area contributed by atoms with Crippen LogP contribution in [-0.2, 0) is 9.53 Å². The molecule has 130 valence electrons. The predicted molar refractivity (Wildman–Crippen MR) is 89.7 cm³/mol. The molecule has 9 nitrogen and oxygen atoms in total. The fourth-order valence-corrected chi connectivity index (χ4v) is 2.70. The van der Waals surface area contributed by atoms with Crippen LogP contribution < -0.4 is 19.9 Å². The van der Waals surface area contributed by atoms with Crippen molar-refractivity contribution in [3.63, 3.8) is 0 Å². The van der Waals surface area contributed by atoms with Gasteiger partial charge in [0.2, 0.25) is 12.1 Å². The summed E-state index contributed by atoms with van der Waals surface area (Å²) in [6.07, 6.45) is 0.888. The second-order valence-corrected chi connectivity index (χ2v) is 5.68. The summed E-state index contributed by atoms with van der Waals surface area (Å²) in [6.45, 7) is 2.20. The van der Waals surface area contributed by atoms with E-state index in [4.69, 9.17) is 14.7 Å². The Kier molecular flexibility index (Phi) is 4.43. The molecule has 0 bridgehead atoms. The molecule has 2 amide bonds. The molecule has 2 aliphatic rings. The lowest BCUT2D eigenvalue weighted by Gasteiger charge is -2.29. The number of amidine groups is 1. The number of hydrogen-bond acceptors (Lipinski definition) is 6. The first-order valence-corrected chi connectivity index (χ1v) is 7.68. The Hall–Kier alpha value is -3.28. The van der Waals surface area contributed by atoms with Crippen molar-refractivity contribution in [3.05, 3.63) is 18.2 Å². The smallest absolute Gasteiger partial charge is 0.414 e. The van der Waals surface area contributed by atoms with E-state index in [1.54, 1.807) is 36.3 Å². The number of amides is 2. The van der Waals surface area contributed by atoms with Gasteiger partial charge in [0.05, 0.1) is 24.5 Å². The van der Waals surface area contributed by atoms with E-state index in [2.05, 4.69) is 10.3 Å². The number of anilines is 2. The molecule has 1 N–H and O–H groups in total. The number of likely N-dealkylation sites (N-methyl/N-ethyl adjacent to an activating group) is 1. The van der Waals surface area contributed by atoms with Crippen LogP contribution in [0.25, 0.3) is 0 Å². The minimum atomic E-state index is -0.466. The minimum Gasteiger partial charge on any atom is -0.483 e. The summed E-state index contributed by atoms with van der Waals surface area (Å²) < 4.78 is 10.9. The fraction of sp³-hybridized carbons (Fsp3) is 0.375. The second kappa shape index (κ2) is 6.68. The molecule has 9 heteroatoms. The van der Waals surface area contributed by atoms with Crippen LogP contribution in [0, 0.1) is 11.5 Å². The minimum absolute atomic E-state index is 0.172. The number of cyclic esters (lactones) is 1. The lowest BCUT2D eigenvalue weighted by molar-refractivity contribution is -0.119. The highest BCUT2D eigenvalue weighted by atomic mass is 16.6. The normalized spacial score (nSPS) is 20.6. The topological polar surface area (TPSA) is 107 Å². The number of nitrogens with zero attached hydrogens (tertiary/aromatic N) is 4. The Bertz CT molecular complexity index is 785. The molecule has 3 rings (SSSR count). The molecule has 0 aromatic heterocycles. The molecule has 25 heavy (non-hydrogen) atoms. The van der Waals surface area contributed by atoms with Crippen molar-refractivity contribution >= 4 is 29.2 Å². The van der Waals surface area contributed by atoms with Crippen LogP contribution in [0.3, 0.4) is 0 Å². The van der Waals surface area contributed by atoms with Gasteiger partial charge in [-0.25, -0.2) is 4.79 Å². The second-order valence-electron chi connectivity index (χ2n) is 5.68. The van der Waals surface area contributed by atoms with Gasteiger partial charge in [-0.3, -0.25) is 9.69 Å². The number of hydrogen-bond donors (Lipinski definition) is 1. The average Bonchev–Trinajstić information content (AvgIpc) is 2.96. The van der Waals surface area contributed by atoms with Crippen molar-refractivity contribution in [1.82, 2.24) is 5.32 Å². The summed E-state index contributed by atoms with van der Waals surface area (Å²) in [7, 11) is 1.80. The van der Waals surface area contributed by atoms with Gasteiger partial charge in [0.25, 0.3) is 0 Å². The van der Waals surface area contributed by atoms with Gasteiger partial charge in [-0.15, -0.1) is 0 Å². The summed E-state index contributed by atoms with van der Waals surface area (Å²) >= 11 is 0. The molecule has 1 fully saturated rings. The summed E-state index contributed by atoms with van der Waals surface area (Å²) in [5.74, 6) is 0.934. The number of nitriles is 1. The highest BCUT2D eigenvalue weighted by Gasteiger charge is 2.33. The number of aliphatic imine (C=N–C) groups is 1. The summed E-state index contributed by atoms with van der Waals surface area (Å²) in [5.41, 5.74) is 1.40. The van der Waals surface area contributed by atoms with E-state index in [0.29, 0.717) is 23.8 Å². The van der Waals surface area contributed by atoms with Gasteiger partial charge in [0.15, 0.2) is 5.84 Å². The van der Waals surface area contributed by atoms with Crippen LogP contribution >= 0.6 is 0 Å². The standard InChI is InChI=1S/C16H17N5O4/c1-10(22)18-6-12-7-21(16(23)25-12)11-3-4-13-14(5-11)24-8-15(19-9-17)20(13)2/h3-5,12H,6-8H2,1-2H3,(H,18,22). The first-order chi connectivity index (χ1) is 12.0. The van der Waals surface area contributed by atoms with E-state index in [9.17, 15) is 9.59 Å². The fourth-order valence-electron chi connectivity index (χ4n) is 2.70. The van der Waals surface area contributed by atoms with Gasteiger partial charge in [0, 0.05) is 20.0 Å². The van der Waals surface area contributed by atoms with Crippen LogP contribution in [0.2, 0.25) is 0 Å². The highest BCUT2D eigenvalue weighted by molar-refractivity contribution is 6.02. The molecule has 0 radical (unpaired) electrons. The Labute approximate surface area is 144 Å². The van der Waals surface area contributed by atoms with Crippen molar-refractivity contribution in [3.8, 4) is 11.9 Å². The van der Waals surface area contributed by atoms with Crippen molar-refractivity contribution in [2.24, 2.45) is 4.99 Å². The van der Waals surface area contributed by atoms with E-state index < -0.39 is 12.2 Å². The van der Waals surface area contributed by atoms with Crippen molar-refractivity contribution in [2.45, 2.75) is 13.0 Å². The van der Waals surface area contributed by atoms with E-state index in [-0.39, 0.29) is 19.1 Å². The number of ether oxygens (including phenoxy) is 2. The van der Waals surface area contributed by atoms with Gasteiger partial charge in [0.1, 0.15) is 18.5 Å². The molecule has 1 atom stereocenters. The van der Waals surface area contributed by atoms with Gasteiger partial charge in [-0.2, -0.15) is 10.3 Å². The number of fused-ring (bicyclic) bond motifs is 1. The first kappa shape index (κ1) is 16.6. The van der Waals surface area contributed by atoms with Crippen molar-refractivity contribution in [1.29, 1.82) is 5.26 Å². The highest BCUT2D eigenvalue weighted by Crippen LogP contribution is 2.36.